The Morgan fingerprint density at radius 2 is 1.83 bits per heavy atom. The number of halogens is 2. The summed E-state index contributed by atoms with van der Waals surface area (Å²) in [5.74, 6) is -0.810. The second-order valence-electron chi connectivity index (χ2n) is 5.14. The molecule has 5 heteroatoms. The van der Waals surface area contributed by atoms with Gasteiger partial charge in [0.05, 0.1) is 0 Å². The van der Waals surface area contributed by atoms with Gasteiger partial charge in [-0.05, 0) is 24.5 Å². The predicted octanol–water partition coefficient (Wildman–Crippen LogP) is 4.93. The van der Waals surface area contributed by atoms with Crippen LogP contribution >= 0.6 is 11.8 Å². The number of H-pyrrole nitrogens is 1. The predicted molar refractivity (Wildman–Crippen MR) is 91.5 cm³/mol. The van der Waals surface area contributed by atoms with E-state index in [2.05, 4.69) is 10.2 Å². The van der Waals surface area contributed by atoms with Crippen LogP contribution < -0.4 is 0 Å². The van der Waals surface area contributed by atoms with E-state index >= 15 is 0 Å². The number of hydrogen-bond donors (Lipinski definition) is 1. The first kappa shape index (κ1) is 15.7. The first-order chi connectivity index (χ1) is 11.2. The van der Waals surface area contributed by atoms with Gasteiger partial charge < -0.3 is 0 Å². The van der Waals surface area contributed by atoms with Crippen molar-refractivity contribution in [3.8, 4) is 22.4 Å². The Labute approximate surface area is 137 Å². The maximum absolute atomic E-state index is 14.3. The van der Waals surface area contributed by atoms with E-state index in [1.54, 1.807) is 17.8 Å². The number of thioether (sulfide) groups is 1. The van der Waals surface area contributed by atoms with Gasteiger partial charge in [-0.15, -0.1) is 0 Å². The lowest BCUT2D eigenvalue weighted by Crippen LogP contribution is -1.96. The van der Waals surface area contributed by atoms with Crippen LogP contribution in [0.1, 0.15) is 5.69 Å². The average molecular weight is 330 g/mol. The second kappa shape index (κ2) is 6.96. The molecule has 0 bridgehead atoms. The molecule has 0 radical (unpaired) electrons. The van der Waals surface area contributed by atoms with Gasteiger partial charge in [0.15, 0.2) is 11.6 Å². The van der Waals surface area contributed by atoms with Crippen molar-refractivity contribution in [1.29, 1.82) is 0 Å². The van der Waals surface area contributed by atoms with E-state index in [1.165, 1.54) is 6.07 Å². The standard InChI is InChI=1S/C18H16F2N2S/c1-23-11-10-15-16(13-8-5-9-14(19)17(13)20)18(22-21-15)12-6-3-2-4-7-12/h2-9H,10-11H2,1H3,(H,21,22). The monoisotopic (exact) mass is 330 g/mol. The Kier molecular flexibility index (Phi) is 4.76. The van der Waals surface area contributed by atoms with E-state index in [4.69, 9.17) is 0 Å². The molecule has 2 nitrogen and oxygen atoms in total. The van der Waals surface area contributed by atoms with Crippen molar-refractivity contribution in [1.82, 2.24) is 10.2 Å². The van der Waals surface area contributed by atoms with Gasteiger partial charge in [0.1, 0.15) is 5.69 Å². The lowest BCUT2D eigenvalue weighted by molar-refractivity contribution is 0.511. The molecule has 0 saturated heterocycles. The summed E-state index contributed by atoms with van der Waals surface area (Å²) in [6.45, 7) is 0. The minimum absolute atomic E-state index is 0.244. The molecule has 2 aromatic carbocycles. The van der Waals surface area contributed by atoms with Gasteiger partial charge >= 0.3 is 0 Å². The Morgan fingerprint density at radius 1 is 1.04 bits per heavy atom. The fourth-order valence-electron chi connectivity index (χ4n) is 2.56. The third-order valence-electron chi connectivity index (χ3n) is 3.67. The number of aromatic amines is 1. The fourth-order valence-corrected chi connectivity index (χ4v) is 2.96. The Hall–Kier alpha value is -2.14. The molecule has 0 saturated carbocycles. The third-order valence-corrected chi connectivity index (χ3v) is 4.28. The van der Waals surface area contributed by atoms with E-state index in [1.807, 2.05) is 36.6 Å². The molecule has 0 fully saturated rings. The van der Waals surface area contributed by atoms with Crippen molar-refractivity contribution in [3.05, 3.63) is 65.9 Å². The van der Waals surface area contributed by atoms with Gasteiger partial charge in [-0.1, -0.05) is 42.5 Å². The van der Waals surface area contributed by atoms with Crippen LogP contribution in [0, 0.1) is 11.6 Å². The molecular formula is C18H16F2N2S. The number of rotatable bonds is 5. The first-order valence-electron chi connectivity index (χ1n) is 7.28. The summed E-state index contributed by atoms with van der Waals surface area (Å²) in [6.07, 6.45) is 2.73. The van der Waals surface area contributed by atoms with Crippen molar-refractivity contribution in [3.63, 3.8) is 0 Å². The molecule has 0 unspecified atom stereocenters. The van der Waals surface area contributed by atoms with E-state index < -0.39 is 11.6 Å². The molecule has 0 atom stereocenters. The number of hydrogen-bond acceptors (Lipinski definition) is 2. The molecule has 0 aliphatic heterocycles. The zero-order chi connectivity index (χ0) is 16.2. The van der Waals surface area contributed by atoms with Crippen molar-refractivity contribution < 1.29 is 8.78 Å². The van der Waals surface area contributed by atoms with Crippen molar-refractivity contribution in [2.24, 2.45) is 0 Å². The summed E-state index contributed by atoms with van der Waals surface area (Å²) in [5.41, 5.74) is 3.22. The van der Waals surface area contributed by atoms with Crippen LogP contribution in [0.4, 0.5) is 8.78 Å². The highest BCUT2D eigenvalue weighted by atomic mass is 32.2. The minimum Gasteiger partial charge on any atom is -0.281 e. The lowest BCUT2D eigenvalue weighted by atomic mass is 9.97. The van der Waals surface area contributed by atoms with Crippen molar-refractivity contribution in [2.45, 2.75) is 6.42 Å². The average Bonchev–Trinajstić information content (AvgIpc) is 3.00. The van der Waals surface area contributed by atoms with Crippen LogP contribution in [0.5, 0.6) is 0 Å². The smallest absolute Gasteiger partial charge is 0.166 e. The van der Waals surface area contributed by atoms with Gasteiger partial charge in [0.25, 0.3) is 0 Å². The van der Waals surface area contributed by atoms with Crippen molar-refractivity contribution in [2.75, 3.05) is 12.0 Å². The molecular weight excluding hydrogens is 314 g/mol. The molecule has 23 heavy (non-hydrogen) atoms. The van der Waals surface area contributed by atoms with E-state index in [-0.39, 0.29) is 5.56 Å². The quantitative estimate of drug-likeness (QED) is 0.719. The topological polar surface area (TPSA) is 28.7 Å². The molecule has 1 N–H and O–H groups in total. The highest BCUT2D eigenvalue weighted by Gasteiger charge is 2.20. The number of nitrogens with zero attached hydrogens (tertiary/aromatic N) is 1. The van der Waals surface area contributed by atoms with Crippen LogP contribution in [0.25, 0.3) is 22.4 Å². The fraction of sp³-hybridized carbons (Fsp3) is 0.167. The summed E-state index contributed by atoms with van der Waals surface area (Å²) in [6, 6.07) is 13.8. The zero-order valence-corrected chi connectivity index (χ0v) is 13.5. The summed E-state index contributed by atoms with van der Waals surface area (Å²) < 4.78 is 28.0. The number of nitrogens with one attached hydrogen (secondary N) is 1. The maximum Gasteiger partial charge on any atom is 0.166 e. The summed E-state index contributed by atoms with van der Waals surface area (Å²) >= 11 is 1.70. The lowest BCUT2D eigenvalue weighted by Gasteiger charge is -2.08. The largest absolute Gasteiger partial charge is 0.281 e. The van der Waals surface area contributed by atoms with Crippen LogP contribution in [0.2, 0.25) is 0 Å². The Morgan fingerprint density at radius 3 is 2.57 bits per heavy atom. The van der Waals surface area contributed by atoms with E-state index in [9.17, 15) is 8.78 Å². The molecule has 0 spiro atoms. The van der Waals surface area contributed by atoms with Gasteiger partial charge in [0, 0.05) is 22.4 Å². The summed E-state index contributed by atoms with van der Waals surface area (Å²) in [7, 11) is 0. The first-order valence-corrected chi connectivity index (χ1v) is 8.67. The SMILES string of the molecule is CSCCc1[nH]nc(-c2ccccc2)c1-c1cccc(F)c1F. The van der Waals surface area contributed by atoms with Crippen LogP contribution in [0.15, 0.2) is 48.5 Å². The molecule has 1 heterocycles. The highest BCUT2D eigenvalue weighted by Crippen LogP contribution is 2.35. The van der Waals surface area contributed by atoms with Crippen LogP contribution in [0.3, 0.4) is 0 Å². The summed E-state index contributed by atoms with van der Waals surface area (Å²) in [5, 5.41) is 7.36. The molecule has 0 aliphatic carbocycles. The number of aromatic nitrogens is 2. The molecule has 3 rings (SSSR count). The molecule has 1 aromatic heterocycles. The number of aryl methyl sites for hydroxylation is 1. The van der Waals surface area contributed by atoms with Crippen LogP contribution in [-0.4, -0.2) is 22.2 Å². The molecule has 118 valence electrons. The minimum atomic E-state index is -0.849. The van der Waals surface area contributed by atoms with Gasteiger partial charge in [-0.25, -0.2) is 8.78 Å². The van der Waals surface area contributed by atoms with E-state index in [0.717, 1.165) is 23.1 Å². The zero-order valence-electron chi connectivity index (χ0n) is 12.6. The van der Waals surface area contributed by atoms with Crippen LogP contribution in [-0.2, 0) is 6.42 Å². The second-order valence-corrected chi connectivity index (χ2v) is 6.12. The normalized spacial score (nSPS) is 10.9. The third kappa shape index (κ3) is 3.15. The molecule has 0 aliphatic rings. The molecule has 3 aromatic rings. The number of benzene rings is 2. The summed E-state index contributed by atoms with van der Waals surface area (Å²) in [4.78, 5) is 0. The van der Waals surface area contributed by atoms with Gasteiger partial charge in [0.2, 0.25) is 0 Å². The maximum atomic E-state index is 14.3. The Balaban J connectivity index is 2.19. The van der Waals surface area contributed by atoms with E-state index in [0.29, 0.717) is 17.7 Å². The van der Waals surface area contributed by atoms with Crippen molar-refractivity contribution >= 4 is 11.8 Å². The Bertz CT molecular complexity index is 800. The highest BCUT2D eigenvalue weighted by molar-refractivity contribution is 7.98. The van der Waals surface area contributed by atoms with Gasteiger partial charge in [-0.2, -0.15) is 16.9 Å². The van der Waals surface area contributed by atoms with Gasteiger partial charge in [-0.3, -0.25) is 5.10 Å². The molecule has 0 amide bonds.